The van der Waals surface area contributed by atoms with Gasteiger partial charge in [-0.25, -0.2) is 4.39 Å². The van der Waals surface area contributed by atoms with Gasteiger partial charge in [-0.1, -0.05) is 48.5 Å². The van der Waals surface area contributed by atoms with Crippen LogP contribution >= 0.6 is 0 Å². The first-order chi connectivity index (χ1) is 11.2. The molecular formula is C20H16FNO. The number of carbonyl (C=O) groups is 1. The minimum Gasteiger partial charge on any atom is -0.281 e. The number of carbonyl (C=O) groups excluding carboxylic acids is 1. The molecule has 3 rings (SSSR count). The molecule has 3 aromatic carbocycles. The molecule has 23 heavy (non-hydrogen) atoms. The zero-order valence-corrected chi connectivity index (χ0v) is 12.5. The number of halogens is 1. The highest BCUT2D eigenvalue weighted by Crippen LogP contribution is 2.26. The molecule has 0 saturated heterocycles. The topological polar surface area (TPSA) is 20.3 Å². The van der Waals surface area contributed by atoms with E-state index in [1.54, 1.807) is 17.0 Å². The third kappa shape index (κ3) is 3.64. The van der Waals surface area contributed by atoms with Crippen molar-refractivity contribution in [2.75, 3.05) is 4.90 Å². The number of amides is 1. The Hall–Kier alpha value is -2.94. The van der Waals surface area contributed by atoms with E-state index in [0.717, 1.165) is 16.9 Å². The van der Waals surface area contributed by atoms with Crippen molar-refractivity contribution in [2.45, 2.75) is 6.42 Å². The predicted octanol–water partition coefficient (Wildman–Crippen LogP) is 4.73. The molecule has 0 bridgehead atoms. The van der Waals surface area contributed by atoms with Crippen LogP contribution in [0.2, 0.25) is 0 Å². The first-order valence-corrected chi connectivity index (χ1v) is 7.41. The first-order valence-electron chi connectivity index (χ1n) is 7.41. The van der Waals surface area contributed by atoms with E-state index in [9.17, 15) is 9.18 Å². The molecule has 0 atom stereocenters. The summed E-state index contributed by atoms with van der Waals surface area (Å²) in [7, 11) is 0. The molecule has 114 valence electrons. The summed E-state index contributed by atoms with van der Waals surface area (Å²) in [6.45, 7) is 0. The molecule has 3 aromatic rings. The number of nitrogens with zero attached hydrogens (tertiary/aromatic N) is 1. The summed E-state index contributed by atoms with van der Waals surface area (Å²) >= 11 is 0. The van der Waals surface area contributed by atoms with Crippen LogP contribution in [-0.4, -0.2) is 5.91 Å². The fourth-order valence-corrected chi connectivity index (χ4v) is 2.45. The van der Waals surface area contributed by atoms with Crippen LogP contribution in [0.4, 0.5) is 15.8 Å². The average molecular weight is 305 g/mol. The van der Waals surface area contributed by atoms with Crippen molar-refractivity contribution in [3.8, 4) is 0 Å². The minimum absolute atomic E-state index is 0.0611. The molecular weight excluding hydrogens is 289 g/mol. The van der Waals surface area contributed by atoms with E-state index in [1.165, 1.54) is 12.1 Å². The lowest BCUT2D eigenvalue weighted by atomic mass is 10.1. The van der Waals surface area contributed by atoms with Crippen LogP contribution in [0.1, 0.15) is 5.56 Å². The van der Waals surface area contributed by atoms with Gasteiger partial charge < -0.3 is 0 Å². The second-order valence-electron chi connectivity index (χ2n) is 5.20. The van der Waals surface area contributed by atoms with Crippen molar-refractivity contribution < 1.29 is 9.18 Å². The van der Waals surface area contributed by atoms with E-state index in [1.807, 2.05) is 60.7 Å². The van der Waals surface area contributed by atoms with E-state index < -0.39 is 0 Å². The monoisotopic (exact) mass is 305 g/mol. The highest BCUT2D eigenvalue weighted by Gasteiger charge is 2.17. The molecule has 0 unspecified atom stereocenters. The molecule has 0 saturated carbocycles. The quantitative estimate of drug-likeness (QED) is 0.682. The Bertz CT molecular complexity index is 730. The predicted molar refractivity (Wildman–Crippen MR) is 90.1 cm³/mol. The van der Waals surface area contributed by atoms with Crippen LogP contribution in [-0.2, 0) is 11.2 Å². The Kier molecular flexibility index (Phi) is 4.48. The van der Waals surface area contributed by atoms with Crippen LogP contribution in [0.15, 0.2) is 84.9 Å². The number of para-hydroxylation sites is 2. The summed E-state index contributed by atoms with van der Waals surface area (Å²) in [5, 5.41) is 0. The molecule has 0 radical (unpaired) electrons. The number of anilines is 2. The maximum absolute atomic E-state index is 13.0. The van der Waals surface area contributed by atoms with Gasteiger partial charge in [0, 0.05) is 11.4 Å². The molecule has 1 amide bonds. The van der Waals surface area contributed by atoms with Crippen LogP contribution in [0.3, 0.4) is 0 Å². The molecule has 2 nitrogen and oxygen atoms in total. The molecule has 0 aliphatic rings. The standard InChI is InChI=1S/C20H16FNO/c21-17-13-11-16(12-14-17)15-20(23)22(18-7-3-1-4-8-18)19-9-5-2-6-10-19/h1-14H,15H2. The molecule has 0 aliphatic carbocycles. The number of hydrogen-bond donors (Lipinski definition) is 0. The highest BCUT2D eigenvalue weighted by molar-refractivity contribution is 6.01. The van der Waals surface area contributed by atoms with E-state index in [2.05, 4.69) is 0 Å². The summed E-state index contributed by atoms with van der Waals surface area (Å²) in [6, 6.07) is 25.0. The van der Waals surface area contributed by atoms with Gasteiger partial charge in [-0.2, -0.15) is 0 Å². The van der Waals surface area contributed by atoms with Gasteiger partial charge in [-0.3, -0.25) is 9.69 Å². The summed E-state index contributed by atoms with van der Waals surface area (Å²) in [5.74, 6) is -0.363. The van der Waals surface area contributed by atoms with Gasteiger partial charge in [0.05, 0.1) is 6.42 Å². The Morgan fingerprint density at radius 1 is 0.739 bits per heavy atom. The second-order valence-corrected chi connectivity index (χ2v) is 5.20. The van der Waals surface area contributed by atoms with Gasteiger partial charge in [0.15, 0.2) is 0 Å². The van der Waals surface area contributed by atoms with Crippen molar-refractivity contribution in [3.05, 3.63) is 96.3 Å². The van der Waals surface area contributed by atoms with E-state index in [4.69, 9.17) is 0 Å². The van der Waals surface area contributed by atoms with Gasteiger partial charge in [0.25, 0.3) is 0 Å². The zero-order valence-electron chi connectivity index (χ0n) is 12.5. The van der Waals surface area contributed by atoms with Gasteiger partial charge in [-0.15, -0.1) is 0 Å². The van der Waals surface area contributed by atoms with E-state index in [0.29, 0.717) is 0 Å². The average Bonchev–Trinajstić information content (AvgIpc) is 2.59. The van der Waals surface area contributed by atoms with Crippen LogP contribution in [0.25, 0.3) is 0 Å². The van der Waals surface area contributed by atoms with Crippen LogP contribution in [0.5, 0.6) is 0 Å². The molecule has 3 heteroatoms. The SMILES string of the molecule is O=C(Cc1ccc(F)cc1)N(c1ccccc1)c1ccccc1. The van der Waals surface area contributed by atoms with Crippen molar-refractivity contribution in [1.29, 1.82) is 0 Å². The van der Waals surface area contributed by atoms with Crippen molar-refractivity contribution in [3.63, 3.8) is 0 Å². The third-order valence-corrected chi connectivity index (χ3v) is 3.55. The van der Waals surface area contributed by atoms with Gasteiger partial charge in [0.1, 0.15) is 5.82 Å². The normalized spacial score (nSPS) is 10.3. The number of benzene rings is 3. The smallest absolute Gasteiger partial charge is 0.235 e. The Morgan fingerprint density at radius 3 is 1.70 bits per heavy atom. The first kappa shape index (κ1) is 15.0. The summed E-state index contributed by atoms with van der Waals surface area (Å²) < 4.78 is 13.0. The van der Waals surface area contributed by atoms with Gasteiger partial charge in [0.2, 0.25) is 5.91 Å². The number of hydrogen-bond acceptors (Lipinski definition) is 1. The van der Waals surface area contributed by atoms with Crippen LogP contribution < -0.4 is 4.90 Å². The van der Waals surface area contributed by atoms with E-state index in [-0.39, 0.29) is 18.1 Å². The van der Waals surface area contributed by atoms with Crippen LogP contribution in [0, 0.1) is 5.82 Å². The lowest BCUT2D eigenvalue weighted by Gasteiger charge is -2.23. The minimum atomic E-state index is -0.302. The molecule has 0 heterocycles. The van der Waals surface area contributed by atoms with Gasteiger partial charge >= 0.3 is 0 Å². The Morgan fingerprint density at radius 2 is 1.22 bits per heavy atom. The molecule has 0 fully saturated rings. The largest absolute Gasteiger partial charge is 0.281 e. The van der Waals surface area contributed by atoms with Crippen molar-refractivity contribution >= 4 is 17.3 Å². The molecule has 0 aromatic heterocycles. The Balaban J connectivity index is 1.92. The molecule has 0 spiro atoms. The fourth-order valence-electron chi connectivity index (χ4n) is 2.45. The lowest BCUT2D eigenvalue weighted by Crippen LogP contribution is -2.27. The second kappa shape index (κ2) is 6.88. The lowest BCUT2D eigenvalue weighted by molar-refractivity contribution is -0.117. The number of rotatable bonds is 4. The summed E-state index contributed by atoms with van der Waals surface area (Å²) in [5.41, 5.74) is 2.41. The highest BCUT2D eigenvalue weighted by atomic mass is 19.1. The Labute approximate surface area is 134 Å². The van der Waals surface area contributed by atoms with E-state index >= 15 is 0 Å². The molecule has 0 N–H and O–H groups in total. The third-order valence-electron chi connectivity index (χ3n) is 3.55. The maximum Gasteiger partial charge on any atom is 0.235 e. The van der Waals surface area contributed by atoms with Crippen molar-refractivity contribution in [1.82, 2.24) is 0 Å². The molecule has 0 aliphatic heterocycles. The van der Waals surface area contributed by atoms with Gasteiger partial charge in [-0.05, 0) is 42.0 Å². The summed E-state index contributed by atoms with van der Waals surface area (Å²) in [6.07, 6.45) is 0.212. The fraction of sp³-hybridized carbons (Fsp3) is 0.0500. The van der Waals surface area contributed by atoms with Crippen molar-refractivity contribution in [2.24, 2.45) is 0 Å². The zero-order chi connectivity index (χ0) is 16.1. The summed E-state index contributed by atoms with van der Waals surface area (Å²) in [4.78, 5) is 14.5. The maximum atomic E-state index is 13.0.